The van der Waals surface area contributed by atoms with Crippen molar-refractivity contribution < 1.29 is 0 Å². The Hall–Kier alpha value is -0.540. The summed E-state index contributed by atoms with van der Waals surface area (Å²) in [7, 11) is 0. The molecule has 1 unspecified atom stereocenters. The van der Waals surface area contributed by atoms with Gasteiger partial charge in [0.2, 0.25) is 0 Å². The van der Waals surface area contributed by atoms with E-state index in [0.717, 1.165) is 24.0 Å². The largest absolute Gasteiger partial charge is 0.384 e. The fraction of sp³-hybridized carbons (Fsp3) is 0.400. The highest BCUT2D eigenvalue weighted by atomic mass is 79.9. The van der Waals surface area contributed by atoms with Gasteiger partial charge in [0.1, 0.15) is 0 Å². The van der Waals surface area contributed by atoms with Crippen molar-refractivity contribution in [3.63, 3.8) is 0 Å². The van der Waals surface area contributed by atoms with E-state index >= 15 is 0 Å². The second-order valence-corrected chi connectivity index (χ2v) is 4.40. The Balaban J connectivity index is 2.26. The molecule has 0 saturated carbocycles. The minimum Gasteiger partial charge on any atom is -0.384 e. The molecule has 0 aromatic heterocycles. The SMILES string of the molecule is NCC1CNc2cc(Br)ccc2C1. The third kappa shape index (κ3) is 1.86. The van der Waals surface area contributed by atoms with E-state index in [2.05, 4.69) is 39.4 Å². The second-order valence-electron chi connectivity index (χ2n) is 3.49. The molecule has 0 bridgehead atoms. The van der Waals surface area contributed by atoms with Crippen LogP contribution in [0.15, 0.2) is 22.7 Å². The highest BCUT2D eigenvalue weighted by Crippen LogP contribution is 2.27. The number of nitrogens with one attached hydrogen (secondary N) is 1. The lowest BCUT2D eigenvalue weighted by atomic mass is 9.94. The third-order valence-electron chi connectivity index (χ3n) is 2.50. The lowest BCUT2D eigenvalue weighted by molar-refractivity contribution is 0.550. The fourth-order valence-electron chi connectivity index (χ4n) is 1.70. The molecule has 1 aromatic carbocycles. The molecule has 1 atom stereocenters. The molecule has 1 aliphatic heterocycles. The zero-order chi connectivity index (χ0) is 9.26. The minimum absolute atomic E-state index is 0.591. The van der Waals surface area contributed by atoms with Gasteiger partial charge in [-0.25, -0.2) is 0 Å². The van der Waals surface area contributed by atoms with Crippen LogP contribution < -0.4 is 11.1 Å². The fourth-order valence-corrected chi connectivity index (χ4v) is 2.06. The summed E-state index contributed by atoms with van der Waals surface area (Å²) >= 11 is 3.46. The molecule has 0 saturated heterocycles. The Morgan fingerprint density at radius 2 is 2.38 bits per heavy atom. The van der Waals surface area contributed by atoms with Crippen molar-refractivity contribution in [1.82, 2.24) is 0 Å². The lowest BCUT2D eigenvalue weighted by Crippen LogP contribution is -2.29. The van der Waals surface area contributed by atoms with Gasteiger partial charge in [-0.2, -0.15) is 0 Å². The van der Waals surface area contributed by atoms with Gasteiger partial charge in [-0.3, -0.25) is 0 Å². The van der Waals surface area contributed by atoms with Crippen LogP contribution in [0, 0.1) is 5.92 Å². The van der Waals surface area contributed by atoms with Crippen LogP contribution in [0.4, 0.5) is 5.69 Å². The summed E-state index contributed by atoms with van der Waals surface area (Å²) < 4.78 is 1.13. The van der Waals surface area contributed by atoms with Gasteiger partial charge in [0.05, 0.1) is 0 Å². The van der Waals surface area contributed by atoms with Crippen LogP contribution in [-0.4, -0.2) is 13.1 Å². The number of hydrogen-bond donors (Lipinski definition) is 2. The topological polar surface area (TPSA) is 38.0 Å². The molecule has 13 heavy (non-hydrogen) atoms. The maximum atomic E-state index is 5.64. The van der Waals surface area contributed by atoms with Crippen molar-refractivity contribution >= 4 is 21.6 Å². The van der Waals surface area contributed by atoms with Gasteiger partial charge in [0, 0.05) is 16.7 Å². The van der Waals surface area contributed by atoms with Crippen LogP contribution in [0.5, 0.6) is 0 Å². The van der Waals surface area contributed by atoms with E-state index in [1.54, 1.807) is 0 Å². The molecule has 0 fully saturated rings. The van der Waals surface area contributed by atoms with Crippen molar-refractivity contribution in [2.24, 2.45) is 11.7 Å². The highest BCUT2D eigenvalue weighted by molar-refractivity contribution is 9.10. The molecule has 1 aliphatic rings. The highest BCUT2D eigenvalue weighted by Gasteiger charge is 2.16. The predicted octanol–water partition coefficient (Wildman–Crippen LogP) is 1.99. The monoisotopic (exact) mass is 240 g/mol. The summed E-state index contributed by atoms with van der Waals surface area (Å²) in [5.74, 6) is 0.591. The number of anilines is 1. The molecule has 0 spiro atoms. The number of fused-ring (bicyclic) bond motifs is 1. The standard InChI is InChI=1S/C10H13BrN2/c11-9-2-1-8-3-7(5-12)6-13-10(8)4-9/h1-2,4,7,13H,3,5-6,12H2. The zero-order valence-corrected chi connectivity index (χ0v) is 8.97. The molecule has 2 nitrogen and oxygen atoms in total. The van der Waals surface area contributed by atoms with E-state index in [0.29, 0.717) is 5.92 Å². The van der Waals surface area contributed by atoms with Crippen LogP contribution in [0.1, 0.15) is 5.56 Å². The predicted molar refractivity (Wildman–Crippen MR) is 58.9 cm³/mol. The van der Waals surface area contributed by atoms with Crippen LogP contribution in [-0.2, 0) is 6.42 Å². The Labute approximate surface area is 86.6 Å². The van der Waals surface area contributed by atoms with E-state index in [1.807, 2.05) is 0 Å². The van der Waals surface area contributed by atoms with Crippen LogP contribution >= 0.6 is 15.9 Å². The number of benzene rings is 1. The molecule has 1 aromatic rings. The molecule has 3 N–H and O–H groups in total. The van der Waals surface area contributed by atoms with Crippen molar-refractivity contribution in [1.29, 1.82) is 0 Å². The summed E-state index contributed by atoms with van der Waals surface area (Å²) in [5, 5.41) is 3.39. The Bertz CT molecular complexity index is 312. The van der Waals surface area contributed by atoms with Gasteiger partial charge in [-0.15, -0.1) is 0 Å². The molecule has 70 valence electrons. The molecule has 0 radical (unpaired) electrons. The minimum atomic E-state index is 0.591. The summed E-state index contributed by atoms with van der Waals surface area (Å²) in [5.41, 5.74) is 8.27. The summed E-state index contributed by atoms with van der Waals surface area (Å²) in [6, 6.07) is 6.37. The lowest BCUT2D eigenvalue weighted by Gasteiger charge is -2.25. The average Bonchev–Trinajstić information content (AvgIpc) is 2.17. The van der Waals surface area contributed by atoms with Gasteiger partial charge in [0.25, 0.3) is 0 Å². The Morgan fingerprint density at radius 1 is 1.54 bits per heavy atom. The second kappa shape index (κ2) is 3.68. The average molecular weight is 241 g/mol. The first kappa shape index (κ1) is 9.03. The Morgan fingerprint density at radius 3 is 3.15 bits per heavy atom. The number of halogens is 1. The van der Waals surface area contributed by atoms with E-state index in [4.69, 9.17) is 5.73 Å². The molecule has 3 heteroatoms. The quantitative estimate of drug-likeness (QED) is 0.789. The molecule has 2 rings (SSSR count). The van der Waals surface area contributed by atoms with E-state index in [9.17, 15) is 0 Å². The van der Waals surface area contributed by atoms with Gasteiger partial charge in [-0.1, -0.05) is 22.0 Å². The normalized spacial score (nSPS) is 20.6. The smallest absolute Gasteiger partial charge is 0.0384 e. The van der Waals surface area contributed by atoms with Crippen molar-refractivity contribution in [3.05, 3.63) is 28.2 Å². The van der Waals surface area contributed by atoms with Gasteiger partial charge in [-0.05, 0) is 36.6 Å². The van der Waals surface area contributed by atoms with Crippen LogP contribution in [0.3, 0.4) is 0 Å². The number of rotatable bonds is 1. The molecule has 1 heterocycles. The molecule has 0 amide bonds. The maximum absolute atomic E-state index is 5.64. The van der Waals surface area contributed by atoms with Gasteiger partial charge < -0.3 is 11.1 Å². The molecular formula is C10H13BrN2. The van der Waals surface area contributed by atoms with Crippen molar-refractivity contribution in [3.8, 4) is 0 Å². The third-order valence-corrected chi connectivity index (χ3v) is 2.99. The number of nitrogens with two attached hydrogens (primary N) is 1. The first-order valence-electron chi connectivity index (χ1n) is 4.52. The summed E-state index contributed by atoms with van der Waals surface area (Å²) in [6.07, 6.45) is 1.10. The first-order chi connectivity index (χ1) is 6.29. The maximum Gasteiger partial charge on any atom is 0.0384 e. The summed E-state index contributed by atoms with van der Waals surface area (Å²) in [4.78, 5) is 0. The summed E-state index contributed by atoms with van der Waals surface area (Å²) in [6.45, 7) is 1.77. The van der Waals surface area contributed by atoms with Gasteiger partial charge >= 0.3 is 0 Å². The Kier molecular flexibility index (Phi) is 2.56. The van der Waals surface area contributed by atoms with E-state index in [-0.39, 0.29) is 0 Å². The van der Waals surface area contributed by atoms with E-state index in [1.165, 1.54) is 11.3 Å². The van der Waals surface area contributed by atoms with Crippen molar-refractivity contribution in [2.45, 2.75) is 6.42 Å². The zero-order valence-electron chi connectivity index (χ0n) is 7.39. The number of hydrogen-bond acceptors (Lipinski definition) is 2. The van der Waals surface area contributed by atoms with Crippen LogP contribution in [0.25, 0.3) is 0 Å². The van der Waals surface area contributed by atoms with Crippen molar-refractivity contribution in [2.75, 3.05) is 18.4 Å². The molecule has 0 aliphatic carbocycles. The van der Waals surface area contributed by atoms with Gasteiger partial charge in [0.15, 0.2) is 0 Å². The first-order valence-corrected chi connectivity index (χ1v) is 5.31. The van der Waals surface area contributed by atoms with Crippen LogP contribution in [0.2, 0.25) is 0 Å². The molecular weight excluding hydrogens is 228 g/mol. The van der Waals surface area contributed by atoms with E-state index < -0.39 is 0 Å².